The van der Waals surface area contributed by atoms with E-state index in [4.69, 9.17) is 9.47 Å². The van der Waals surface area contributed by atoms with E-state index in [9.17, 15) is 5.11 Å². The van der Waals surface area contributed by atoms with Crippen molar-refractivity contribution in [2.75, 3.05) is 26.9 Å². The molecule has 3 nitrogen and oxygen atoms in total. The van der Waals surface area contributed by atoms with Gasteiger partial charge in [-0.15, -0.1) is 0 Å². The Kier molecular flexibility index (Phi) is 4.02. The first-order valence-electron chi connectivity index (χ1n) is 6.12. The van der Waals surface area contributed by atoms with Gasteiger partial charge in [-0.2, -0.15) is 0 Å². The summed E-state index contributed by atoms with van der Waals surface area (Å²) >= 11 is 0. The summed E-state index contributed by atoms with van der Waals surface area (Å²) in [4.78, 5) is 0. The largest absolute Gasteiger partial charge is 0.496 e. The molecule has 1 aromatic carbocycles. The minimum Gasteiger partial charge on any atom is -0.496 e. The van der Waals surface area contributed by atoms with E-state index >= 15 is 0 Å². The Morgan fingerprint density at radius 1 is 1.53 bits per heavy atom. The molecule has 1 aliphatic heterocycles. The van der Waals surface area contributed by atoms with Crippen molar-refractivity contribution in [1.29, 1.82) is 0 Å². The Bertz CT molecular complexity index is 370. The molecule has 2 rings (SSSR count). The molecule has 1 N–H and O–H groups in total. The first-order chi connectivity index (χ1) is 8.26. The van der Waals surface area contributed by atoms with Crippen LogP contribution >= 0.6 is 0 Å². The lowest BCUT2D eigenvalue weighted by molar-refractivity contribution is 0.194. The molecule has 2 unspecified atom stereocenters. The molecule has 0 amide bonds. The molecule has 0 aliphatic carbocycles. The minimum absolute atomic E-state index is 0.104. The van der Waals surface area contributed by atoms with E-state index in [0.717, 1.165) is 30.9 Å². The Morgan fingerprint density at radius 2 is 2.35 bits per heavy atom. The lowest BCUT2D eigenvalue weighted by Gasteiger charge is -2.17. The summed E-state index contributed by atoms with van der Waals surface area (Å²) in [6, 6.07) is 6.25. The summed E-state index contributed by atoms with van der Waals surface area (Å²) in [5, 5.41) is 9.28. The van der Waals surface area contributed by atoms with Crippen molar-refractivity contribution in [2.45, 2.75) is 25.2 Å². The van der Waals surface area contributed by atoms with Gasteiger partial charge >= 0.3 is 0 Å². The number of hydrogen-bond donors (Lipinski definition) is 1. The van der Waals surface area contributed by atoms with Crippen molar-refractivity contribution < 1.29 is 14.6 Å². The smallest absolute Gasteiger partial charge is 0.122 e. The number of aliphatic hydroxyl groups excluding tert-OH is 1. The van der Waals surface area contributed by atoms with Gasteiger partial charge in [0.25, 0.3) is 0 Å². The van der Waals surface area contributed by atoms with Gasteiger partial charge in [0.15, 0.2) is 0 Å². The van der Waals surface area contributed by atoms with Crippen molar-refractivity contribution in [3.63, 3.8) is 0 Å². The number of methoxy groups -OCH3 is 1. The third-order valence-electron chi connectivity index (χ3n) is 3.46. The van der Waals surface area contributed by atoms with Crippen LogP contribution < -0.4 is 4.74 Å². The van der Waals surface area contributed by atoms with Gasteiger partial charge in [-0.25, -0.2) is 0 Å². The van der Waals surface area contributed by atoms with E-state index in [2.05, 4.69) is 12.1 Å². The van der Waals surface area contributed by atoms with Gasteiger partial charge < -0.3 is 14.6 Å². The first-order valence-corrected chi connectivity index (χ1v) is 6.12. The molecule has 17 heavy (non-hydrogen) atoms. The highest BCUT2D eigenvalue weighted by atomic mass is 16.5. The molecule has 0 spiro atoms. The summed E-state index contributed by atoms with van der Waals surface area (Å²) in [7, 11) is 1.67. The van der Waals surface area contributed by atoms with Crippen LogP contribution in [0.15, 0.2) is 18.2 Å². The van der Waals surface area contributed by atoms with Crippen LogP contribution in [0, 0.1) is 0 Å². The summed E-state index contributed by atoms with van der Waals surface area (Å²) < 4.78 is 10.8. The molecular weight excluding hydrogens is 216 g/mol. The van der Waals surface area contributed by atoms with Crippen LogP contribution in [0.5, 0.6) is 5.75 Å². The van der Waals surface area contributed by atoms with Crippen molar-refractivity contribution in [2.24, 2.45) is 0 Å². The van der Waals surface area contributed by atoms with Crippen LogP contribution in [0.25, 0.3) is 0 Å². The lowest BCUT2D eigenvalue weighted by Crippen LogP contribution is -2.05. The third kappa shape index (κ3) is 2.61. The van der Waals surface area contributed by atoms with E-state index in [1.54, 1.807) is 7.11 Å². The zero-order valence-corrected chi connectivity index (χ0v) is 10.5. The number of aliphatic hydroxyl groups is 1. The molecule has 0 bridgehead atoms. The van der Waals surface area contributed by atoms with Gasteiger partial charge in [0.05, 0.1) is 13.7 Å². The molecule has 0 radical (unpaired) electrons. The van der Waals surface area contributed by atoms with Gasteiger partial charge in [-0.3, -0.25) is 0 Å². The Balaban J connectivity index is 2.30. The molecule has 0 aromatic heterocycles. The van der Waals surface area contributed by atoms with Gasteiger partial charge in [0.2, 0.25) is 0 Å². The SMILES string of the molecule is COc1ccc(C2CCOC2)cc1C(C)CO. The van der Waals surface area contributed by atoms with Crippen LogP contribution in [-0.4, -0.2) is 32.0 Å². The summed E-state index contributed by atoms with van der Waals surface area (Å²) in [5.41, 5.74) is 2.37. The van der Waals surface area contributed by atoms with E-state index in [0.29, 0.717) is 5.92 Å². The highest BCUT2D eigenvalue weighted by molar-refractivity contribution is 5.41. The average molecular weight is 236 g/mol. The zero-order valence-electron chi connectivity index (χ0n) is 10.5. The lowest BCUT2D eigenvalue weighted by atomic mass is 9.92. The average Bonchev–Trinajstić information content (AvgIpc) is 2.91. The second-order valence-corrected chi connectivity index (χ2v) is 4.65. The number of benzene rings is 1. The topological polar surface area (TPSA) is 38.7 Å². The maximum atomic E-state index is 9.28. The van der Waals surface area contributed by atoms with Crippen molar-refractivity contribution >= 4 is 0 Å². The summed E-state index contributed by atoms with van der Waals surface area (Å²) in [6.45, 7) is 3.80. The second kappa shape index (κ2) is 5.52. The molecule has 3 heteroatoms. The van der Waals surface area contributed by atoms with Crippen molar-refractivity contribution in [3.8, 4) is 5.75 Å². The fourth-order valence-electron chi connectivity index (χ4n) is 2.29. The molecule has 0 saturated carbocycles. The van der Waals surface area contributed by atoms with E-state index < -0.39 is 0 Å². The van der Waals surface area contributed by atoms with Gasteiger partial charge in [-0.05, 0) is 23.6 Å². The van der Waals surface area contributed by atoms with Crippen LogP contribution in [0.4, 0.5) is 0 Å². The number of rotatable bonds is 4. The predicted octanol–water partition coefficient (Wildman–Crippen LogP) is 2.29. The maximum absolute atomic E-state index is 9.28. The molecule has 1 aliphatic rings. The fourth-order valence-corrected chi connectivity index (χ4v) is 2.29. The quantitative estimate of drug-likeness (QED) is 0.871. The van der Waals surface area contributed by atoms with Crippen LogP contribution in [0.1, 0.15) is 36.3 Å². The molecule has 1 aromatic rings. The van der Waals surface area contributed by atoms with Crippen LogP contribution in [0.2, 0.25) is 0 Å². The zero-order chi connectivity index (χ0) is 12.3. The molecular formula is C14H20O3. The van der Waals surface area contributed by atoms with Gasteiger partial charge in [0, 0.05) is 25.0 Å². The highest BCUT2D eigenvalue weighted by Gasteiger charge is 2.20. The van der Waals surface area contributed by atoms with Gasteiger partial charge in [-0.1, -0.05) is 19.1 Å². The Hall–Kier alpha value is -1.06. The highest BCUT2D eigenvalue weighted by Crippen LogP contribution is 2.32. The normalized spacial score (nSPS) is 21.5. The van der Waals surface area contributed by atoms with Crippen molar-refractivity contribution in [1.82, 2.24) is 0 Å². The Labute approximate surface area is 102 Å². The molecule has 1 fully saturated rings. The molecule has 2 atom stereocenters. The van der Waals surface area contributed by atoms with Crippen LogP contribution in [0.3, 0.4) is 0 Å². The number of ether oxygens (including phenoxy) is 2. The van der Waals surface area contributed by atoms with Crippen LogP contribution in [-0.2, 0) is 4.74 Å². The molecule has 94 valence electrons. The Morgan fingerprint density at radius 3 is 2.94 bits per heavy atom. The first kappa shape index (κ1) is 12.4. The minimum atomic E-state index is 0.104. The predicted molar refractivity (Wildman–Crippen MR) is 66.7 cm³/mol. The maximum Gasteiger partial charge on any atom is 0.122 e. The third-order valence-corrected chi connectivity index (χ3v) is 3.46. The monoisotopic (exact) mass is 236 g/mol. The van der Waals surface area contributed by atoms with E-state index in [-0.39, 0.29) is 12.5 Å². The summed E-state index contributed by atoms with van der Waals surface area (Å²) in [6.07, 6.45) is 1.08. The molecule has 1 heterocycles. The van der Waals surface area contributed by atoms with E-state index in [1.807, 2.05) is 13.0 Å². The van der Waals surface area contributed by atoms with Crippen molar-refractivity contribution in [3.05, 3.63) is 29.3 Å². The number of hydrogen-bond acceptors (Lipinski definition) is 3. The fraction of sp³-hybridized carbons (Fsp3) is 0.571. The van der Waals surface area contributed by atoms with Gasteiger partial charge in [0.1, 0.15) is 5.75 Å². The van der Waals surface area contributed by atoms with E-state index in [1.165, 1.54) is 5.56 Å². The summed E-state index contributed by atoms with van der Waals surface area (Å²) in [5.74, 6) is 1.45. The second-order valence-electron chi connectivity index (χ2n) is 4.65. The standard InChI is InChI=1S/C14H20O3/c1-10(8-15)13-7-11(3-4-14(13)16-2)12-5-6-17-9-12/h3-4,7,10,12,15H,5-6,8-9H2,1-2H3. The molecule has 1 saturated heterocycles.